The Morgan fingerprint density at radius 1 is 1.15 bits per heavy atom. The lowest BCUT2D eigenvalue weighted by atomic mass is 10.2. The summed E-state index contributed by atoms with van der Waals surface area (Å²) in [4.78, 5) is 2.01. The SMILES string of the molecule is CN(CCOc1ccc(N)cc1)c1ccccc1C#N. The van der Waals surface area contributed by atoms with Crippen LogP contribution >= 0.6 is 0 Å². The van der Waals surface area contributed by atoms with E-state index in [-0.39, 0.29) is 0 Å². The van der Waals surface area contributed by atoms with Crippen LogP contribution in [0.3, 0.4) is 0 Å². The number of para-hydroxylation sites is 1. The van der Waals surface area contributed by atoms with Crippen LogP contribution in [0.5, 0.6) is 5.75 Å². The summed E-state index contributed by atoms with van der Waals surface area (Å²) < 4.78 is 5.65. The fourth-order valence-electron chi connectivity index (χ4n) is 1.89. The number of hydrogen-bond acceptors (Lipinski definition) is 4. The van der Waals surface area contributed by atoms with Crippen molar-refractivity contribution in [2.75, 3.05) is 30.8 Å². The molecule has 0 heterocycles. The number of hydrogen-bond donors (Lipinski definition) is 1. The van der Waals surface area contributed by atoms with E-state index in [0.717, 1.165) is 17.1 Å². The third-order valence-electron chi connectivity index (χ3n) is 3.01. The minimum Gasteiger partial charge on any atom is -0.492 e. The molecule has 20 heavy (non-hydrogen) atoms. The molecule has 102 valence electrons. The molecule has 0 bridgehead atoms. The van der Waals surface area contributed by atoms with Gasteiger partial charge in [0.1, 0.15) is 18.4 Å². The van der Waals surface area contributed by atoms with Gasteiger partial charge in [-0.3, -0.25) is 0 Å². The third-order valence-corrected chi connectivity index (χ3v) is 3.01. The first kappa shape index (κ1) is 13.8. The molecule has 0 aliphatic rings. The minimum atomic E-state index is 0.542. The predicted octanol–water partition coefficient (Wildman–Crippen LogP) is 2.66. The van der Waals surface area contributed by atoms with Gasteiger partial charge >= 0.3 is 0 Å². The lowest BCUT2D eigenvalue weighted by molar-refractivity contribution is 0.326. The van der Waals surface area contributed by atoms with Crippen LogP contribution in [-0.2, 0) is 0 Å². The second-order valence-electron chi connectivity index (χ2n) is 4.47. The van der Waals surface area contributed by atoms with Gasteiger partial charge in [-0.2, -0.15) is 5.26 Å². The van der Waals surface area contributed by atoms with Gasteiger partial charge in [0.05, 0.1) is 17.8 Å². The molecule has 2 aromatic rings. The standard InChI is InChI=1S/C16H17N3O/c1-19(16-5-3-2-4-13(16)12-17)10-11-20-15-8-6-14(18)7-9-15/h2-9H,10-11,18H2,1H3. The molecular weight excluding hydrogens is 250 g/mol. The highest BCUT2D eigenvalue weighted by Gasteiger charge is 2.06. The number of anilines is 2. The molecule has 0 aliphatic heterocycles. The molecule has 4 nitrogen and oxygen atoms in total. The average Bonchev–Trinajstić information content (AvgIpc) is 2.49. The van der Waals surface area contributed by atoms with Crippen molar-refractivity contribution in [3.05, 3.63) is 54.1 Å². The van der Waals surface area contributed by atoms with Crippen LogP contribution in [0.2, 0.25) is 0 Å². The first-order valence-corrected chi connectivity index (χ1v) is 6.39. The normalized spacial score (nSPS) is 9.80. The van der Waals surface area contributed by atoms with Crippen LogP contribution in [0.1, 0.15) is 5.56 Å². The molecule has 0 aliphatic carbocycles. The van der Waals surface area contributed by atoms with E-state index in [4.69, 9.17) is 15.7 Å². The third kappa shape index (κ3) is 3.42. The number of likely N-dealkylation sites (N-methyl/N-ethyl adjacent to an activating group) is 1. The van der Waals surface area contributed by atoms with Gasteiger partial charge in [0.15, 0.2) is 0 Å². The first-order valence-electron chi connectivity index (χ1n) is 6.39. The Bertz CT molecular complexity index is 602. The first-order chi connectivity index (χ1) is 9.70. The summed E-state index contributed by atoms with van der Waals surface area (Å²) in [5, 5.41) is 9.08. The lowest BCUT2D eigenvalue weighted by Gasteiger charge is -2.20. The predicted molar refractivity (Wildman–Crippen MR) is 80.8 cm³/mol. The highest BCUT2D eigenvalue weighted by Crippen LogP contribution is 2.18. The summed E-state index contributed by atoms with van der Waals surface area (Å²) in [6, 6.07) is 17.0. The number of nitrogens with zero attached hydrogens (tertiary/aromatic N) is 2. The van der Waals surface area contributed by atoms with Crippen molar-refractivity contribution in [3.8, 4) is 11.8 Å². The summed E-state index contributed by atoms with van der Waals surface area (Å²) in [6.07, 6.45) is 0. The number of nitrogens with two attached hydrogens (primary N) is 1. The molecule has 0 saturated carbocycles. The van der Waals surface area contributed by atoms with Crippen LogP contribution in [0.25, 0.3) is 0 Å². The Morgan fingerprint density at radius 3 is 2.55 bits per heavy atom. The molecule has 0 unspecified atom stereocenters. The molecule has 2 rings (SSSR count). The van der Waals surface area contributed by atoms with E-state index in [1.165, 1.54) is 0 Å². The molecule has 0 fully saturated rings. The Labute approximate surface area is 119 Å². The molecule has 0 spiro atoms. The Morgan fingerprint density at radius 2 is 1.85 bits per heavy atom. The molecule has 0 amide bonds. The lowest BCUT2D eigenvalue weighted by Crippen LogP contribution is -2.24. The van der Waals surface area contributed by atoms with Crippen LogP contribution < -0.4 is 15.4 Å². The van der Waals surface area contributed by atoms with Crippen molar-refractivity contribution < 1.29 is 4.74 Å². The van der Waals surface area contributed by atoms with Crippen molar-refractivity contribution in [1.82, 2.24) is 0 Å². The van der Waals surface area contributed by atoms with Crippen LogP contribution in [0.15, 0.2) is 48.5 Å². The van der Waals surface area contributed by atoms with Crippen molar-refractivity contribution in [2.45, 2.75) is 0 Å². The number of nitriles is 1. The minimum absolute atomic E-state index is 0.542. The fourth-order valence-corrected chi connectivity index (χ4v) is 1.89. The van der Waals surface area contributed by atoms with E-state index >= 15 is 0 Å². The Hall–Kier alpha value is -2.67. The zero-order valence-electron chi connectivity index (χ0n) is 11.4. The van der Waals surface area contributed by atoms with Crippen molar-refractivity contribution in [1.29, 1.82) is 5.26 Å². The zero-order valence-corrected chi connectivity index (χ0v) is 11.4. The van der Waals surface area contributed by atoms with E-state index in [2.05, 4.69) is 6.07 Å². The van der Waals surface area contributed by atoms with Crippen LogP contribution in [-0.4, -0.2) is 20.2 Å². The molecule has 2 aromatic carbocycles. The van der Waals surface area contributed by atoms with Crippen molar-refractivity contribution in [2.24, 2.45) is 0 Å². The molecule has 0 atom stereocenters. The van der Waals surface area contributed by atoms with Gasteiger partial charge in [-0.1, -0.05) is 12.1 Å². The number of ether oxygens (including phenoxy) is 1. The van der Waals surface area contributed by atoms with E-state index in [9.17, 15) is 0 Å². The molecular formula is C16H17N3O. The van der Waals surface area contributed by atoms with Gasteiger partial charge in [-0.05, 0) is 36.4 Å². The molecule has 4 heteroatoms. The average molecular weight is 267 g/mol. The maximum atomic E-state index is 9.08. The van der Waals surface area contributed by atoms with Gasteiger partial charge < -0.3 is 15.4 Å². The zero-order chi connectivity index (χ0) is 14.4. The summed E-state index contributed by atoms with van der Waals surface area (Å²) in [5.74, 6) is 0.793. The topological polar surface area (TPSA) is 62.3 Å². The molecule has 2 N–H and O–H groups in total. The van der Waals surface area contributed by atoms with E-state index in [1.807, 2.05) is 60.5 Å². The Balaban J connectivity index is 1.91. The van der Waals surface area contributed by atoms with Crippen LogP contribution in [0, 0.1) is 11.3 Å². The van der Waals surface area contributed by atoms with Gasteiger partial charge in [0, 0.05) is 12.7 Å². The smallest absolute Gasteiger partial charge is 0.119 e. The van der Waals surface area contributed by atoms with Gasteiger partial charge in [0.25, 0.3) is 0 Å². The van der Waals surface area contributed by atoms with Crippen molar-refractivity contribution >= 4 is 11.4 Å². The molecule has 0 aromatic heterocycles. The molecule has 0 radical (unpaired) electrons. The quantitative estimate of drug-likeness (QED) is 0.846. The van der Waals surface area contributed by atoms with Crippen molar-refractivity contribution in [3.63, 3.8) is 0 Å². The molecule has 0 saturated heterocycles. The number of rotatable bonds is 5. The highest BCUT2D eigenvalue weighted by atomic mass is 16.5. The monoisotopic (exact) mass is 267 g/mol. The van der Waals surface area contributed by atoms with E-state index in [0.29, 0.717) is 18.7 Å². The number of nitrogen functional groups attached to an aromatic ring is 1. The van der Waals surface area contributed by atoms with E-state index < -0.39 is 0 Å². The van der Waals surface area contributed by atoms with Crippen LogP contribution in [0.4, 0.5) is 11.4 Å². The second kappa shape index (κ2) is 6.48. The summed E-state index contributed by atoms with van der Waals surface area (Å²) in [6.45, 7) is 1.24. The second-order valence-corrected chi connectivity index (χ2v) is 4.47. The summed E-state index contributed by atoms with van der Waals surface area (Å²) in [5.41, 5.74) is 7.92. The maximum absolute atomic E-state index is 9.08. The van der Waals surface area contributed by atoms with Gasteiger partial charge in [-0.15, -0.1) is 0 Å². The highest BCUT2D eigenvalue weighted by molar-refractivity contribution is 5.58. The summed E-state index contributed by atoms with van der Waals surface area (Å²) >= 11 is 0. The van der Waals surface area contributed by atoms with Gasteiger partial charge in [0.2, 0.25) is 0 Å². The fraction of sp³-hybridized carbons (Fsp3) is 0.188. The Kier molecular flexibility index (Phi) is 4.46. The number of benzene rings is 2. The summed E-state index contributed by atoms with van der Waals surface area (Å²) in [7, 11) is 1.95. The van der Waals surface area contributed by atoms with Gasteiger partial charge in [-0.25, -0.2) is 0 Å². The largest absolute Gasteiger partial charge is 0.492 e. The maximum Gasteiger partial charge on any atom is 0.119 e. The van der Waals surface area contributed by atoms with E-state index in [1.54, 1.807) is 0 Å².